The molecule has 1 saturated carbocycles. The predicted molar refractivity (Wildman–Crippen MR) is 56.0 cm³/mol. The quantitative estimate of drug-likeness (QED) is 0.256. The topological polar surface area (TPSA) is 69.7 Å². The summed E-state index contributed by atoms with van der Waals surface area (Å²) >= 11 is 0. The van der Waals surface area contributed by atoms with E-state index in [2.05, 4.69) is 4.18 Å². The Morgan fingerprint density at radius 2 is 1.89 bits per heavy atom. The van der Waals surface area contributed by atoms with Crippen molar-refractivity contribution in [1.82, 2.24) is 0 Å². The predicted octanol–water partition coefficient (Wildman–Crippen LogP) is 1.85. The highest BCUT2D eigenvalue weighted by Gasteiger charge is 2.49. The van der Waals surface area contributed by atoms with Crippen molar-refractivity contribution in [2.75, 3.05) is 0 Å². The average molecular weight is 300 g/mol. The number of esters is 1. The fraction of sp³-hybridized carbons (Fsp3) is 0.700. The summed E-state index contributed by atoms with van der Waals surface area (Å²) in [4.78, 5) is 11.5. The van der Waals surface area contributed by atoms with Crippen LogP contribution in [0.25, 0.3) is 0 Å². The van der Waals surface area contributed by atoms with Gasteiger partial charge < -0.3 is 8.92 Å². The fourth-order valence-corrected chi connectivity index (χ4v) is 2.60. The third kappa shape index (κ3) is 2.70. The lowest BCUT2D eigenvalue weighted by atomic mass is 9.84. The van der Waals surface area contributed by atoms with E-state index in [1.54, 1.807) is 0 Å². The first-order chi connectivity index (χ1) is 8.72. The van der Waals surface area contributed by atoms with Gasteiger partial charge in [0, 0.05) is 5.92 Å². The van der Waals surface area contributed by atoms with Gasteiger partial charge in [-0.15, -0.1) is 0 Å². The van der Waals surface area contributed by atoms with Crippen molar-refractivity contribution in [2.24, 2.45) is 5.92 Å². The van der Waals surface area contributed by atoms with Crippen LogP contribution >= 0.6 is 0 Å². The standard InChI is InChI=1S/C10H11F3O5S/c11-10(12,13)19(15,16)17-5-7-6-3-1-2-4-8(6)18-9(7)14/h5-6,8H,1-4H2/b7-5-. The number of halogens is 3. The first kappa shape index (κ1) is 14.2. The lowest BCUT2D eigenvalue weighted by molar-refractivity contribution is -0.139. The zero-order valence-corrected chi connectivity index (χ0v) is 10.5. The van der Waals surface area contributed by atoms with Crippen LogP contribution in [0.5, 0.6) is 0 Å². The summed E-state index contributed by atoms with van der Waals surface area (Å²) in [7, 11) is -5.73. The van der Waals surface area contributed by atoms with E-state index in [0.29, 0.717) is 19.1 Å². The van der Waals surface area contributed by atoms with Crippen molar-refractivity contribution in [3.8, 4) is 0 Å². The summed E-state index contributed by atoms with van der Waals surface area (Å²) in [6, 6.07) is 0. The zero-order valence-electron chi connectivity index (χ0n) is 9.64. The van der Waals surface area contributed by atoms with Gasteiger partial charge in [0.25, 0.3) is 0 Å². The molecule has 0 spiro atoms. The van der Waals surface area contributed by atoms with Crippen molar-refractivity contribution < 1.29 is 35.3 Å². The highest BCUT2D eigenvalue weighted by molar-refractivity contribution is 7.87. The molecule has 0 N–H and O–H groups in total. The molecule has 0 amide bonds. The molecule has 0 radical (unpaired) electrons. The van der Waals surface area contributed by atoms with Gasteiger partial charge in [-0.3, -0.25) is 0 Å². The second-order valence-electron chi connectivity index (χ2n) is 4.40. The van der Waals surface area contributed by atoms with Crippen LogP contribution in [0.3, 0.4) is 0 Å². The molecule has 1 heterocycles. The number of ether oxygens (including phenoxy) is 1. The molecule has 2 rings (SSSR count). The highest BCUT2D eigenvalue weighted by atomic mass is 32.2. The van der Waals surface area contributed by atoms with Gasteiger partial charge >= 0.3 is 21.6 Å². The number of alkyl halides is 3. The van der Waals surface area contributed by atoms with Crippen LogP contribution in [-0.2, 0) is 23.8 Å². The lowest BCUT2D eigenvalue weighted by Crippen LogP contribution is -2.24. The van der Waals surface area contributed by atoms with Crippen molar-refractivity contribution in [1.29, 1.82) is 0 Å². The van der Waals surface area contributed by atoms with E-state index in [1.165, 1.54) is 0 Å². The van der Waals surface area contributed by atoms with Crippen molar-refractivity contribution >= 4 is 16.1 Å². The van der Waals surface area contributed by atoms with E-state index in [-0.39, 0.29) is 17.6 Å². The van der Waals surface area contributed by atoms with Crippen LogP contribution in [0.15, 0.2) is 11.8 Å². The summed E-state index contributed by atoms with van der Waals surface area (Å²) in [5.74, 6) is -1.20. The maximum absolute atomic E-state index is 12.1. The van der Waals surface area contributed by atoms with Gasteiger partial charge in [-0.05, 0) is 19.3 Å². The van der Waals surface area contributed by atoms with Crippen molar-refractivity contribution in [3.05, 3.63) is 11.8 Å². The number of fused-ring (bicyclic) bond motifs is 1. The van der Waals surface area contributed by atoms with Gasteiger partial charge in [0.2, 0.25) is 0 Å². The minimum atomic E-state index is -5.73. The molecule has 2 atom stereocenters. The number of rotatable bonds is 2. The maximum atomic E-state index is 12.1. The molecule has 1 aliphatic carbocycles. The monoisotopic (exact) mass is 300 g/mol. The highest BCUT2D eigenvalue weighted by Crippen LogP contribution is 2.38. The van der Waals surface area contributed by atoms with E-state index in [9.17, 15) is 26.4 Å². The summed E-state index contributed by atoms with van der Waals surface area (Å²) < 4.78 is 66.4. The van der Waals surface area contributed by atoms with Crippen LogP contribution < -0.4 is 0 Å². The average Bonchev–Trinajstić information content (AvgIpc) is 2.60. The van der Waals surface area contributed by atoms with Gasteiger partial charge in [0.15, 0.2) is 0 Å². The molecule has 0 aromatic heterocycles. The van der Waals surface area contributed by atoms with E-state index in [0.717, 1.165) is 12.8 Å². The van der Waals surface area contributed by atoms with Crippen LogP contribution in [0.2, 0.25) is 0 Å². The number of carbonyl (C=O) groups is 1. The van der Waals surface area contributed by atoms with E-state index in [1.807, 2.05) is 0 Å². The molecule has 2 aliphatic rings. The van der Waals surface area contributed by atoms with E-state index >= 15 is 0 Å². The third-order valence-corrected chi connectivity index (χ3v) is 4.10. The Hall–Kier alpha value is -1.25. The molecule has 0 aromatic carbocycles. The Bertz CT molecular complexity index is 508. The lowest BCUT2D eigenvalue weighted by Gasteiger charge is -2.22. The largest absolute Gasteiger partial charge is 0.534 e. The Balaban J connectivity index is 2.17. The molecule has 0 bridgehead atoms. The minimum Gasteiger partial charge on any atom is -0.458 e. The number of hydrogen-bond acceptors (Lipinski definition) is 5. The van der Waals surface area contributed by atoms with Crippen LogP contribution in [0.4, 0.5) is 13.2 Å². The van der Waals surface area contributed by atoms with Crippen molar-refractivity contribution in [3.63, 3.8) is 0 Å². The number of hydrogen-bond donors (Lipinski definition) is 0. The summed E-state index contributed by atoms with van der Waals surface area (Å²) in [5, 5.41) is 0. The van der Waals surface area contributed by atoms with Crippen LogP contribution in [0, 0.1) is 5.92 Å². The molecule has 0 aromatic rings. The van der Waals surface area contributed by atoms with Crippen molar-refractivity contribution in [2.45, 2.75) is 37.3 Å². The Morgan fingerprint density at radius 1 is 1.26 bits per heavy atom. The van der Waals surface area contributed by atoms with Gasteiger partial charge in [0.05, 0.1) is 5.57 Å². The Kier molecular flexibility index (Phi) is 3.50. The van der Waals surface area contributed by atoms with E-state index in [4.69, 9.17) is 4.74 Å². The van der Waals surface area contributed by atoms with Gasteiger partial charge in [-0.25, -0.2) is 4.79 Å². The Labute approximate surface area is 107 Å². The molecule has 2 unspecified atom stereocenters. The smallest absolute Gasteiger partial charge is 0.458 e. The minimum absolute atomic E-state index is 0.141. The zero-order chi connectivity index (χ0) is 14.3. The summed E-state index contributed by atoms with van der Waals surface area (Å²) in [6.45, 7) is 0. The molecule has 1 saturated heterocycles. The summed E-state index contributed by atoms with van der Waals surface area (Å²) in [6.07, 6.45) is 2.84. The molecule has 19 heavy (non-hydrogen) atoms. The van der Waals surface area contributed by atoms with Gasteiger partial charge in [0.1, 0.15) is 12.4 Å². The molecule has 108 valence electrons. The SMILES string of the molecule is O=C1OC2CCCCC2/C1=C/OS(=O)(=O)C(F)(F)F. The number of carbonyl (C=O) groups excluding carboxylic acids is 1. The van der Waals surface area contributed by atoms with Gasteiger partial charge in [-0.1, -0.05) is 6.42 Å². The van der Waals surface area contributed by atoms with Gasteiger partial charge in [-0.2, -0.15) is 21.6 Å². The maximum Gasteiger partial charge on any atom is 0.534 e. The Morgan fingerprint density at radius 3 is 2.53 bits per heavy atom. The van der Waals surface area contributed by atoms with E-state index < -0.39 is 21.6 Å². The molecule has 5 nitrogen and oxygen atoms in total. The van der Waals surface area contributed by atoms with Crippen LogP contribution in [0.1, 0.15) is 25.7 Å². The van der Waals surface area contributed by atoms with Crippen LogP contribution in [-0.4, -0.2) is 26.0 Å². The second kappa shape index (κ2) is 4.69. The molecular formula is C10H11F3O5S. The molecule has 1 aliphatic heterocycles. The third-order valence-electron chi connectivity index (χ3n) is 3.18. The summed E-state index contributed by atoms with van der Waals surface area (Å²) in [5.41, 5.74) is -5.66. The normalized spacial score (nSPS) is 30.1. The second-order valence-corrected chi connectivity index (χ2v) is 5.97. The fourth-order valence-electron chi connectivity index (χ4n) is 2.26. The molecule has 2 fully saturated rings. The first-order valence-electron chi connectivity index (χ1n) is 5.63. The molecular weight excluding hydrogens is 289 g/mol. The molecule has 9 heteroatoms. The first-order valence-corrected chi connectivity index (χ1v) is 7.04.